The smallest absolute Gasteiger partial charge is 0.167 e. The Hall–Kier alpha value is -1.49. The van der Waals surface area contributed by atoms with E-state index in [0.29, 0.717) is 15.7 Å². The molecule has 2 aromatic carbocycles. The zero-order valence-electron chi connectivity index (χ0n) is 12.2. The molecular weight excluding hydrogens is 399 g/mol. The van der Waals surface area contributed by atoms with Crippen molar-refractivity contribution in [2.45, 2.75) is 13.1 Å². The Kier molecular flexibility index (Phi) is 4.67. The summed E-state index contributed by atoms with van der Waals surface area (Å²) in [5.74, 6) is 0. The first-order valence-electron chi connectivity index (χ1n) is 6.93. The van der Waals surface area contributed by atoms with Gasteiger partial charge in [0.1, 0.15) is 6.17 Å². The van der Waals surface area contributed by atoms with Crippen LogP contribution in [0.4, 0.5) is 5.69 Å². The Morgan fingerprint density at radius 1 is 1.17 bits per heavy atom. The fourth-order valence-electron chi connectivity index (χ4n) is 2.64. The molecule has 1 heterocycles. The van der Waals surface area contributed by atoms with Crippen molar-refractivity contribution in [1.29, 1.82) is 0 Å². The molecule has 0 aromatic heterocycles. The average Bonchev–Trinajstić information content (AvgIpc) is 2.85. The Morgan fingerprint density at radius 3 is 2.48 bits per heavy atom. The molecule has 3 nitrogen and oxygen atoms in total. The molecule has 0 bridgehead atoms. The predicted molar refractivity (Wildman–Crippen MR) is 97.7 cm³/mol. The predicted octanol–water partition coefficient (Wildman–Crippen LogP) is 5.29. The number of benzene rings is 2. The van der Waals surface area contributed by atoms with Crippen LogP contribution < -0.4 is 10.2 Å². The average molecular weight is 412 g/mol. The lowest BCUT2D eigenvalue weighted by Crippen LogP contribution is -2.29. The lowest BCUT2D eigenvalue weighted by atomic mass is 10.1. The minimum atomic E-state index is -0.263. The van der Waals surface area contributed by atoms with Gasteiger partial charge >= 0.3 is 0 Å². The topological polar surface area (TPSA) is 32.3 Å². The van der Waals surface area contributed by atoms with Crippen molar-refractivity contribution in [3.05, 3.63) is 73.9 Å². The minimum Gasteiger partial charge on any atom is -0.357 e. The van der Waals surface area contributed by atoms with E-state index in [1.807, 2.05) is 42.2 Å². The number of allylic oxidation sites excluding steroid dienone is 2. The molecule has 0 fully saturated rings. The van der Waals surface area contributed by atoms with E-state index in [1.54, 1.807) is 12.1 Å². The Bertz CT molecular complexity index is 790. The maximum Gasteiger partial charge on any atom is 0.167 e. The molecule has 0 radical (unpaired) electrons. The van der Waals surface area contributed by atoms with Crippen molar-refractivity contribution in [3.8, 4) is 0 Å². The molecule has 6 heteroatoms. The monoisotopic (exact) mass is 410 g/mol. The van der Waals surface area contributed by atoms with Gasteiger partial charge in [0.05, 0.1) is 5.70 Å². The highest BCUT2D eigenvalue weighted by Gasteiger charge is 2.32. The normalized spacial score (nSPS) is 17.4. The Morgan fingerprint density at radius 2 is 1.87 bits per heavy atom. The SMILES string of the molecule is CC1=C(C=O)NC(c2ccc(Cl)cc2Cl)N1c1ccc(Br)cc1. The third-order valence-corrected chi connectivity index (χ3v) is 4.87. The van der Waals surface area contributed by atoms with Crippen LogP contribution in [0.3, 0.4) is 0 Å². The van der Waals surface area contributed by atoms with E-state index >= 15 is 0 Å². The molecule has 1 aliphatic rings. The molecule has 0 saturated carbocycles. The number of carbonyl (C=O) groups excluding carboxylic acids is 1. The summed E-state index contributed by atoms with van der Waals surface area (Å²) in [4.78, 5) is 13.4. The summed E-state index contributed by atoms with van der Waals surface area (Å²) >= 11 is 15.8. The molecule has 0 saturated heterocycles. The van der Waals surface area contributed by atoms with Gasteiger partial charge in [-0.15, -0.1) is 0 Å². The largest absolute Gasteiger partial charge is 0.357 e. The van der Waals surface area contributed by atoms with Gasteiger partial charge in [-0.3, -0.25) is 4.79 Å². The molecule has 0 spiro atoms. The number of nitrogens with one attached hydrogen (secondary N) is 1. The first kappa shape index (κ1) is 16.4. The van der Waals surface area contributed by atoms with E-state index < -0.39 is 0 Å². The van der Waals surface area contributed by atoms with Crippen molar-refractivity contribution >= 4 is 51.1 Å². The van der Waals surface area contributed by atoms with E-state index in [2.05, 4.69) is 21.2 Å². The van der Waals surface area contributed by atoms with Gasteiger partial charge in [-0.25, -0.2) is 0 Å². The molecule has 118 valence electrons. The van der Waals surface area contributed by atoms with Crippen LogP contribution in [0.5, 0.6) is 0 Å². The molecule has 2 aromatic rings. The summed E-state index contributed by atoms with van der Waals surface area (Å²) in [5.41, 5.74) is 3.21. The van der Waals surface area contributed by atoms with Gasteiger partial charge in [0.25, 0.3) is 0 Å². The summed E-state index contributed by atoms with van der Waals surface area (Å²) in [6.45, 7) is 1.91. The first-order valence-corrected chi connectivity index (χ1v) is 8.48. The van der Waals surface area contributed by atoms with Gasteiger partial charge in [-0.1, -0.05) is 45.2 Å². The van der Waals surface area contributed by atoms with Crippen molar-refractivity contribution in [3.63, 3.8) is 0 Å². The Balaban J connectivity index is 2.08. The highest BCUT2D eigenvalue weighted by molar-refractivity contribution is 9.10. The third kappa shape index (κ3) is 3.11. The maximum atomic E-state index is 11.4. The quantitative estimate of drug-likeness (QED) is 0.696. The van der Waals surface area contributed by atoms with E-state index in [0.717, 1.165) is 27.7 Å². The van der Waals surface area contributed by atoms with Gasteiger partial charge in [0.2, 0.25) is 0 Å². The fourth-order valence-corrected chi connectivity index (χ4v) is 3.42. The highest BCUT2D eigenvalue weighted by Crippen LogP contribution is 2.38. The second kappa shape index (κ2) is 6.56. The minimum absolute atomic E-state index is 0.263. The van der Waals surface area contributed by atoms with Crippen LogP contribution >= 0.6 is 39.1 Å². The van der Waals surface area contributed by atoms with Crippen LogP contribution in [0.25, 0.3) is 0 Å². The van der Waals surface area contributed by atoms with Crippen LogP contribution in [0.15, 0.2) is 58.3 Å². The van der Waals surface area contributed by atoms with Crippen LogP contribution in [0.1, 0.15) is 18.7 Å². The van der Waals surface area contributed by atoms with Crippen LogP contribution in [-0.2, 0) is 4.79 Å². The van der Waals surface area contributed by atoms with Crippen LogP contribution in [-0.4, -0.2) is 6.29 Å². The lowest BCUT2D eigenvalue weighted by Gasteiger charge is -2.29. The van der Waals surface area contributed by atoms with Gasteiger partial charge in [-0.2, -0.15) is 0 Å². The number of hydrogen-bond donors (Lipinski definition) is 1. The standard InChI is InChI=1S/C17H13BrCl2N2O/c1-10-16(9-23)21-17(14-7-4-12(19)8-15(14)20)22(10)13-5-2-11(18)3-6-13/h2-9,17,21H,1H3. The summed E-state index contributed by atoms with van der Waals surface area (Å²) in [6, 6.07) is 13.3. The number of aldehydes is 1. The number of rotatable bonds is 3. The van der Waals surface area contributed by atoms with Crippen LogP contribution in [0.2, 0.25) is 10.0 Å². The number of halogens is 3. The van der Waals surface area contributed by atoms with Crippen molar-refractivity contribution in [1.82, 2.24) is 5.32 Å². The zero-order valence-corrected chi connectivity index (χ0v) is 15.3. The Labute approximate surface area is 153 Å². The summed E-state index contributed by atoms with van der Waals surface area (Å²) < 4.78 is 0.992. The van der Waals surface area contributed by atoms with Gasteiger partial charge in [0, 0.05) is 31.5 Å². The lowest BCUT2D eigenvalue weighted by molar-refractivity contribution is -0.105. The molecule has 1 atom stereocenters. The summed E-state index contributed by atoms with van der Waals surface area (Å²) in [6.07, 6.45) is 0.562. The number of nitrogens with zero attached hydrogens (tertiary/aromatic N) is 1. The number of anilines is 1. The fraction of sp³-hybridized carbons (Fsp3) is 0.118. The molecule has 0 aliphatic carbocycles. The number of hydrogen-bond acceptors (Lipinski definition) is 3. The molecular formula is C17H13BrCl2N2O. The number of carbonyl (C=O) groups is 1. The molecule has 23 heavy (non-hydrogen) atoms. The van der Waals surface area contributed by atoms with Crippen molar-refractivity contribution < 1.29 is 4.79 Å². The van der Waals surface area contributed by atoms with E-state index in [4.69, 9.17) is 23.2 Å². The highest BCUT2D eigenvalue weighted by atomic mass is 79.9. The van der Waals surface area contributed by atoms with Gasteiger partial charge in [-0.05, 0) is 43.3 Å². The molecule has 3 rings (SSSR count). The van der Waals surface area contributed by atoms with Gasteiger partial charge < -0.3 is 10.2 Å². The maximum absolute atomic E-state index is 11.4. The molecule has 1 N–H and O–H groups in total. The molecule has 0 amide bonds. The molecule has 1 unspecified atom stereocenters. The second-order valence-corrected chi connectivity index (χ2v) is 6.94. The summed E-state index contributed by atoms with van der Waals surface area (Å²) in [7, 11) is 0. The van der Waals surface area contributed by atoms with Crippen LogP contribution in [0, 0.1) is 0 Å². The summed E-state index contributed by atoms with van der Waals surface area (Å²) in [5, 5.41) is 4.36. The molecule has 1 aliphatic heterocycles. The zero-order chi connectivity index (χ0) is 16.6. The first-order chi connectivity index (χ1) is 11.0. The third-order valence-electron chi connectivity index (χ3n) is 3.78. The van der Waals surface area contributed by atoms with Crippen molar-refractivity contribution in [2.75, 3.05) is 4.90 Å². The van der Waals surface area contributed by atoms with Crippen molar-refractivity contribution in [2.24, 2.45) is 0 Å². The van der Waals surface area contributed by atoms with Gasteiger partial charge in [0.15, 0.2) is 6.29 Å². The van der Waals surface area contributed by atoms with E-state index in [1.165, 1.54) is 0 Å². The van der Waals surface area contributed by atoms with E-state index in [9.17, 15) is 4.79 Å². The second-order valence-electron chi connectivity index (χ2n) is 5.18. The van der Waals surface area contributed by atoms with E-state index in [-0.39, 0.29) is 6.17 Å².